The lowest BCUT2D eigenvalue weighted by Crippen LogP contribution is -2.47. The quantitative estimate of drug-likeness (QED) is 0.482. The van der Waals surface area contributed by atoms with Crippen molar-refractivity contribution in [2.45, 2.75) is 6.92 Å². The predicted octanol–water partition coefficient (Wildman–Crippen LogP) is -1.35. The van der Waals surface area contributed by atoms with Gasteiger partial charge in [-0.05, 0) is 6.92 Å². The SMILES string of the molecule is COC(=O)C1=C(C)N(NC(N)=O)C(=O)C1C(=O)OC. The van der Waals surface area contributed by atoms with Gasteiger partial charge in [-0.1, -0.05) is 0 Å². The summed E-state index contributed by atoms with van der Waals surface area (Å²) in [4.78, 5) is 46.0. The second-order valence-electron chi connectivity index (χ2n) is 3.60. The first kappa shape index (κ1) is 14.5. The number of nitrogens with two attached hydrogens (primary N) is 1. The molecule has 0 aromatic heterocycles. The number of esters is 2. The predicted molar refractivity (Wildman–Crippen MR) is 59.8 cm³/mol. The summed E-state index contributed by atoms with van der Waals surface area (Å²) in [5.41, 5.74) is 6.76. The van der Waals surface area contributed by atoms with Crippen LogP contribution in [-0.4, -0.2) is 43.1 Å². The van der Waals surface area contributed by atoms with Crippen molar-refractivity contribution < 1.29 is 28.7 Å². The summed E-state index contributed by atoms with van der Waals surface area (Å²) in [6, 6.07) is -1.01. The number of primary amides is 1. The normalized spacial score (nSPS) is 18.4. The maximum absolute atomic E-state index is 12.0. The summed E-state index contributed by atoms with van der Waals surface area (Å²) in [6.45, 7) is 1.36. The van der Waals surface area contributed by atoms with Crippen LogP contribution in [0.15, 0.2) is 11.3 Å². The lowest BCUT2D eigenvalue weighted by atomic mass is 10.0. The maximum Gasteiger partial charge on any atom is 0.337 e. The molecule has 0 saturated carbocycles. The minimum absolute atomic E-state index is 0.0473. The zero-order valence-electron chi connectivity index (χ0n) is 10.6. The fourth-order valence-corrected chi connectivity index (χ4v) is 1.71. The van der Waals surface area contributed by atoms with E-state index in [4.69, 9.17) is 5.73 Å². The van der Waals surface area contributed by atoms with E-state index in [-0.39, 0.29) is 11.3 Å². The first-order valence-corrected chi connectivity index (χ1v) is 5.12. The van der Waals surface area contributed by atoms with Gasteiger partial charge >= 0.3 is 18.0 Å². The zero-order chi connectivity index (χ0) is 14.7. The Kier molecular flexibility index (Phi) is 4.10. The van der Waals surface area contributed by atoms with E-state index >= 15 is 0 Å². The standard InChI is InChI=1S/C10H13N3O6/c1-4-5(8(15)18-2)6(9(16)19-3)7(14)13(4)12-10(11)17/h6H,1-3H3,(H3,11,12,17). The van der Waals surface area contributed by atoms with Crippen molar-refractivity contribution >= 4 is 23.9 Å². The summed E-state index contributed by atoms with van der Waals surface area (Å²) in [5, 5.41) is 0.718. The lowest BCUT2D eigenvalue weighted by molar-refractivity contribution is -0.152. The van der Waals surface area contributed by atoms with E-state index in [1.807, 2.05) is 5.43 Å². The highest BCUT2D eigenvalue weighted by Crippen LogP contribution is 2.29. The van der Waals surface area contributed by atoms with E-state index in [1.165, 1.54) is 6.92 Å². The third kappa shape index (κ3) is 2.49. The molecule has 9 heteroatoms. The number of hydrogen-bond acceptors (Lipinski definition) is 6. The average Bonchev–Trinajstić information content (AvgIpc) is 2.61. The van der Waals surface area contributed by atoms with Crippen LogP contribution in [0.3, 0.4) is 0 Å². The van der Waals surface area contributed by atoms with Crippen LogP contribution in [0.25, 0.3) is 0 Å². The summed E-state index contributed by atoms with van der Waals surface area (Å²) in [7, 11) is 2.18. The Morgan fingerprint density at radius 3 is 2.26 bits per heavy atom. The van der Waals surface area contributed by atoms with E-state index in [1.54, 1.807) is 0 Å². The fourth-order valence-electron chi connectivity index (χ4n) is 1.71. The monoisotopic (exact) mass is 271 g/mol. The number of hydrogen-bond donors (Lipinski definition) is 2. The molecule has 19 heavy (non-hydrogen) atoms. The Bertz CT molecular complexity index is 484. The first-order chi connectivity index (χ1) is 8.84. The van der Waals surface area contributed by atoms with Crippen molar-refractivity contribution in [3.63, 3.8) is 0 Å². The van der Waals surface area contributed by atoms with Crippen molar-refractivity contribution in [1.29, 1.82) is 0 Å². The van der Waals surface area contributed by atoms with Crippen molar-refractivity contribution in [2.24, 2.45) is 11.7 Å². The molecule has 0 aromatic rings. The molecular formula is C10H13N3O6. The van der Waals surface area contributed by atoms with Gasteiger partial charge < -0.3 is 15.2 Å². The Labute approximate surface area is 108 Å². The Morgan fingerprint density at radius 2 is 1.84 bits per heavy atom. The second-order valence-corrected chi connectivity index (χ2v) is 3.60. The molecule has 1 aliphatic heterocycles. The summed E-state index contributed by atoms with van der Waals surface area (Å²) < 4.78 is 8.96. The smallest absolute Gasteiger partial charge is 0.337 e. The summed E-state index contributed by atoms with van der Waals surface area (Å²) in [5.74, 6) is -4.12. The van der Waals surface area contributed by atoms with Crippen molar-refractivity contribution in [3.05, 3.63) is 11.3 Å². The number of nitrogens with one attached hydrogen (secondary N) is 1. The largest absolute Gasteiger partial charge is 0.468 e. The molecule has 0 radical (unpaired) electrons. The molecule has 1 unspecified atom stereocenters. The average molecular weight is 271 g/mol. The van der Waals surface area contributed by atoms with Gasteiger partial charge in [0, 0.05) is 0 Å². The molecule has 104 valence electrons. The van der Waals surface area contributed by atoms with Crippen LogP contribution < -0.4 is 11.2 Å². The van der Waals surface area contributed by atoms with E-state index < -0.39 is 29.8 Å². The van der Waals surface area contributed by atoms with Gasteiger partial charge in [-0.15, -0.1) is 0 Å². The first-order valence-electron chi connectivity index (χ1n) is 5.12. The highest BCUT2D eigenvalue weighted by molar-refractivity contribution is 6.12. The van der Waals surface area contributed by atoms with E-state index in [0.717, 1.165) is 19.2 Å². The van der Waals surface area contributed by atoms with Crippen molar-refractivity contribution in [2.75, 3.05) is 14.2 Å². The number of methoxy groups -OCH3 is 2. The number of carbonyl (C=O) groups excluding carboxylic acids is 4. The van der Waals surface area contributed by atoms with Crippen LogP contribution in [0.5, 0.6) is 0 Å². The number of urea groups is 1. The van der Waals surface area contributed by atoms with Gasteiger partial charge in [0.15, 0.2) is 5.92 Å². The van der Waals surface area contributed by atoms with E-state index in [9.17, 15) is 19.2 Å². The number of amides is 3. The third-order valence-electron chi connectivity index (χ3n) is 2.55. The molecule has 1 atom stereocenters. The molecule has 0 bridgehead atoms. The molecule has 1 rings (SSSR count). The topological polar surface area (TPSA) is 128 Å². The number of nitrogens with zero attached hydrogens (tertiary/aromatic N) is 1. The Balaban J connectivity index is 3.26. The van der Waals surface area contributed by atoms with E-state index in [0.29, 0.717) is 0 Å². The van der Waals surface area contributed by atoms with Gasteiger partial charge in [-0.2, -0.15) is 0 Å². The van der Waals surface area contributed by atoms with Crippen molar-refractivity contribution in [3.8, 4) is 0 Å². The van der Waals surface area contributed by atoms with Crippen LogP contribution in [0, 0.1) is 5.92 Å². The van der Waals surface area contributed by atoms with Crippen LogP contribution in [0.2, 0.25) is 0 Å². The van der Waals surface area contributed by atoms with Crippen LogP contribution in [-0.2, 0) is 23.9 Å². The highest BCUT2D eigenvalue weighted by Gasteiger charge is 2.47. The second kappa shape index (κ2) is 5.38. The minimum Gasteiger partial charge on any atom is -0.468 e. The highest BCUT2D eigenvalue weighted by atomic mass is 16.5. The van der Waals surface area contributed by atoms with Crippen LogP contribution >= 0.6 is 0 Å². The molecule has 0 spiro atoms. The summed E-state index contributed by atoms with van der Waals surface area (Å²) in [6.07, 6.45) is 0. The molecule has 1 aliphatic rings. The molecule has 0 fully saturated rings. The van der Waals surface area contributed by atoms with Gasteiger partial charge in [0.05, 0.1) is 25.5 Å². The number of ether oxygens (including phenoxy) is 2. The van der Waals surface area contributed by atoms with Crippen molar-refractivity contribution in [1.82, 2.24) is 10.4 Å². The Morgan fingerprint density at radius 1 is 1.26 bits per heavy atom. The number of carbonyl (C=O) groups is 4. The van der Waals surface area contributed by atoms with E-state index in [2.05, 4.69) is 9.47 Å². The molecule has 1 heterocycles. The Hall–Kier alpha value is -2.58. The zero-order valence-corrected chi connectivity index (χ0v) is 10.6. The molecular weight excluding hydrogens is 258 g/mol. The number of hydrazine groups is 1. The molecule has 0 aliphatic carbocycles. The number of rotatable bonds is 3. The van der Waals surface area contributed by atoms with Crippen LogP contribution in [0.1, 0.15) is 6.92 Å². The lowest BCUT2D eigenvalue weighted by Gasteiger charge is -2.17. The molecule has 3 N–H and O–H groups in total. The number of allylic oxidation sites excluding steroid dienone is 1. The third-order valence-corrected chi connectivity index (χ3v) is 2.55. The molecule has 0 saturated heterocycles. The van der Waals surface area contributed by atoms with Gasteiger partial charge in [0.25, 0.3) is 5.91 Å². The molecule has 0 aromatic carbocycles. The minimum atomic E-state index is -1.48. The molecule has 3 amide bonds. The van der Waals surface area contributed by atoms with Gasteiger partial charge in [0.1, 0.15) is 0 Å². The molecule has 9 nitrogen and oxygen atoms in total. The fraction of sp³-hybridized carbons (Fsp3) is 0.400. The van der Waals surface area contributed by atoms with Gasteiger partial charge in [-0.25, -0.2) is 20.0 Å². The van der Waals surface area contributed by atoms with Crippen LogP contribution in [0.4, 0.5) is 4.79 Å². The summed E-state index contributed by atoms with van der Waals surface area (Å²) >= 11 is 0. The van der Waals surface area contributed by atoms with Gasteiger partial charge in [0.2, 0.25) is 0 Å². The van der Waals surface area contributed by atoms with Gasteiger partial charge in [-0.3, -0.25) is 9.59 Å². The maximum atomic E-state index is 12.0.